The van der Waals surface area contributed by atoms with Crippen molar-refractivity contribution in [2.45, 2.75) is 66.2 Å². The van der Waals surface area contributed by atoms with Gasteiger partial charge in [-0.05, 0) is 256 Å². The first-order valence-electron chi connectivity index (χ1n) is 33.6. The standard InChI is InChI=1S/C64H36.C30H32/c1-5-17-37(18-6-1)53-41-25-13-14-26-42(41)54(38-19-7-2-8-20-38)62-50-34-30-46-48-32-36-52-60-51(35-31-47(58(48)60)45-29-33-49(61(53)62)59(50)57(45)46)63-55(39-21-9-3-10-22-39)43-27-15-16-28-44(43)56(64(52)63)40-23-11-4-12-24-40;1-17-9-19-13-21(29(3,4)5)15-25-26-16-22(30(6,7)8)14-20-10-18(2)12-24(28(20)26)23(11-17)27(19)25/h1-36H;9-16H,1-8H3. The first kappa shape index (κ1) is 54.8. The molecular weight excluding hydrogens is 1130 g/mol. The topological polar surface area (TPSA) is 0 Å². The molecule has 0 spiro atoms. The summed E-state index contributed by atoms with van der Waals surface area (Å²) in [6, 6.07) is 101. The highest BCUT2D eigenvalue weighted by atomic mass is 14.4. The van der Waals surface area contributed by atoms with Crippen LogP contribution in [0.5, 0.6) is 0 Å². The molecule has 0 amide bonds. The van der Waals surface area contributed by atoms with E-state index >= 15 is 0 Å². The summed E-state index contributed by atoms with van der Waals surface area (Å²) in [5.41, 5.74) is 26.6. The third kappa shape index (κ3) is 7.75. The molecule has 0 nitrogen and oxygen atoms in total. The molecule has 2 aliphatic rings. The Labute approximate surface area is 548 Å². The van der Waals surface area contributed by atoms with Crippen LogP contribution in [0.25, 0.3) is 197 Å². The largest absolute Gasteiger partial charge is 0.0622 e. The Morgan fingerprint density at radius 3 is 0.713 bits per heavy atom. The van der Waals surface area contributed by atoms with Crippen LogP contribution in [0.3, 0.4) is 0 Å². The van der Waals surface area contributed by atoms with E-state index in [1.807, 2.05) is 0 Å². The highest BCUT2D eigenvalue weighted by molar-refractivity contribution is 6.43. The lowest BCUT2D eigenvalue weighted by molar-refractivity contribution is 0.591. The summed E-state index contributed by atoms with van der Waals surface area (Å²) in [6.07, 6.45) is 0. The molecule has 0 aliphatic heterocycles. The van der Waals surface area contributed by atoms with Gasteiger partial charge in [0, 0.05) is 0 Å². The van der Waals surface area contributed by atoms with E-state index in [2.05, 4.69) is 322 Å². The van der Waals surface area contributed by atoms with Crippen molar-refractivity contribution < 1.29 is 0 Å². The van der Waals surface area contributed by atoms with Gasteiger partial charge >= 0.3 is 0 Å². The minimum Gasteiger partial charge on any atom is -0.0622 e. The SMILES string of the molecule is Cc1cc2cc(C(C)(C)C)cc3c4cc(C(C)(C)C)cc5cc(C)cc(c(c1)c23)c54.c1ccc(-c2c3c(c(-c4ccccc4)c4ccccc24)-c2ccc4c5ccc6c7c(ccc(c8ccc-3c2c84)c75)-c2c-6c(-c3ccccc3)c3ccccc3c2-c2ccccc2)cc1. The van der Waals surface area contributed by atoms with Gasteiger partial charge in [0.1, 0.15) is 0 Å². The van der Waals surface area contributed by atoms with Crippen molar-refractivity contribution in [1.82, 2.24) is 0 Å². The zero-order chi connectivity index (χ0) is 63.2. The first-order valence-corrected chi connectivity index (χ1v) is 33.6. The summed E-state index contributed by atoms with van der Waals surface area (Å²) in [4.78, 5) is 0. The predicted molar refractivity (Wildman–Crippen MR) is 408 cm³/mol. The van der Waals surface area contributed by atoms with Gasteiger partial charge in [0.2, 0.25) is 0 Å². The number of hydrogen-bond acceptors (Lipinski definition) is 0. The summed E-state index contributed by atoms with van der Waals surface area (Å²) in [7, 11) is 0. The minimum absolute atomic E-state index is 0.114. The smallest absolute Gasteiger partial charge is 0.000740 e. The molecule has 18 aromatic rings. The van der Waals surface area contributed by atoms with E-state index in [0.717, 1.165) is 0 Å². The molecule has 0 unspecified atom stereocenters. The molecular formula is C94H68. The second-order valence-electron chi connectivity index (χ2n) is 29.1. The number of fused-ring (bicyclic) bond motifs is 12. The van der Waals surface area contributed by atoms with Crippen LogP contribution in [-0.2, 0) is 10.8 Å². The molecule has 20 rings (SSSR count). The molecule has 0 heterocycles. The second-order valence-corrected chi connectivity index (χ2v) is 29.1. The molecule has 0 saturated heterocycles. The second kappa shape index (κ2) is 19.8. The molecule has 0 aromatic heterocycles. The van der Waals surface area contributed by atoms with E-state index in [1.54, 1.807) is 0 Å². The van der Waals surface area contributed by atoms with E-state index < -0.39 is 0 Å². The van der Waals surface area contributed by atoms with Crippen LogP contribution in [-0.4, -0.2) is 0 Å². The Kier molecular flexibility index (Phi) is 11.5. The highest BCUT2D eigenvalue weighted by Gasteiger charge is 2.36. The monoisotopic (exact) mass is 1200 g/mol. The highest BCUT2D eigenvalue weighted by Crippen LogP contribution is 2.63. The van der Waals surface area contributed by atoms with Crippen molar-refractivity contribution in [3.05, 3.63) is 289 Å². The third-order valence-electron chi connectivity index (χ3n) is 21.4. The fourth-order valence-electron chi connectivity index (χ4n) is 17.3. The lowest BCUT2D eigenvalue weighted by Crippen LogP contribution is -2.12. The number of rotatable bonds is 4. The van der Waals surface area contributed by atoms with Gasteiger partial charge < -0.3 is 0 Å². The summed E-state index contributed by atoms with van der Waals surface area (Å²) >= 11 is 0. The lowest BCUT2D eigenvalue weighted by atomic mass is 9.79. The van der Waals surface area contributed by atoms with Crippen LogP contribution in [0.4, 0.5) is 0 Å². The van der Waals surface area contributed by atoms with E-state index in [9.17, 15) is 0 Å². The minimum atomic E-state index is 0.114. The van der Waals surface area contributed by atoms with Gasteiger partial charge in [-0.25, -0.2) is 0 Å². The van der Waals surface area contributed by atoms with Gasteiger partial charge in [-0.3, -0.25) is 0 Å². The summed E-state index contributed by atoms with van der Waals surface area (Å²) in [5, 5.41) is 27.0. The molecule has 0 atom stereocenters. The van der Waals surface area contributed by atoms with Crippen LogP contribution in [0.1, 0.15) is 63.8 Å². The van der Waals surface area contributed by atoms with Crippen molar-refractivity contribution in [3.8, 4) is 89.0 Å². The molecule has 0 bridgehead atoms. The fraction of sp³-hybridized carbons (Fsp3) is 0.106. The van der Waals surface area contributed by atoms with Crippen molar-refractivity contribution in [2.75, 3.05) is 0 Å². The zero-order valence-electron chi connectivity index (χ0n) is 54.4. The molecule has 0 N–H and O–H groups in total. The molecule has 2 aliphatic carbocycles. The maximum atomic E-state index is 2.46. The summed E-state index contributed by atoms with van der Waals surface area (Å²) in [6.45, 7) is 18.4. The lowest BCUT2D eigenvalue weighted by Gasteiger charge is -2.25. The maximum absolute atomic E-state index is 2.46. The Hall–Kier alpha value is -10.9. The van der Waals surface area contributed by atoms with Crippen molar-refractivity contribution >= 4 is 108 Å². The Morgan fingerprint density at radius 1 is 0.191 bits per heavy atom. The normalized spacial score (nSPS) is 12.7. The Morgan fingerprint density at radius 2 is 0.447 bits per heavy atom. The van der Waals surface area contributed by atoms with Gasteiger partial charge in [0.05, 0.1) is 0 Å². The van der Waals surface area contributed by atoms with E-state index in [-0.39, 0.29) is 10.8 Å². The van der Waals surface area contributed by atoms with Gasteiger partial charge in [0.15, 0.2) is 0 Å². The molecule has 94 heavy (non-hydrogen) atoms. The number of hydrogen-bond donors (Lipinski definition) is 0. The number of benzene rings is 18. The fourth-order valence-corrected chi connectivity index (χ4v) is 17.3. The zero-order valence-corrected chi connectivity index (χ0v) is 54.4. The van der Waals surface area contributed by atoms with Crippen LogP contribution >= 0.6 is 0 Å². The van der Waals surface area contributed by atoms with E-state index in [4.69, 9.17) is 0 Å². The Bertz CT molecular complexity index is 5610. The van der Waals surface area contributed by atoms with E-state index in [0.29, 0.717) is 0 Å². The third-order valence-corrected chi connectivity index (χ3v) is 21.4. The molecule has 0 fully saturated rings. The van der Waals surface area contributed by atoms with Gasteiger partial charge in [-0.15, -0.1) is 0 Å². The van der Waals surface area contributed by atoms with Gasteiger partial charge in [-0.1, -0.05) is 296 Å². The van der Waals surface area contributed by atoms with Crippen LogP contribution in [0, 0.1) is 13.8 Å². The average molecular weight is 1200 g/mol. The molecule has 444 valence electrons. The van der Waals surface area contributed by atoms with Crippen molar-refractivity contribution in [2.24, 2.45) is 0 Å². The first-order chi connectivity index (χ1) is 45.8. The van der Waals surface area contributed by atoms with Crippen LogP contribution in [0.15, 0.2) is 267 Å². The van der Waals surface area contributed by atoms with Crippen LogP contribution < -0.4 is 0 Å². The molecule has 18 aromatic carbocycles. The van der Waals surface area contributed by atoms with E-state index in [1.165, 1.54) is 219 Å². The summed E-state index contributed by atoms with van der Waals surface area (Å²) < 4.78 is 0. The summed E-state index contributed by atoms with van der Waals surface area (Å²) in [5.74, 6) is 0. The van der Waals surface area contributed by atoms with Gasteiger partial charge in [0.25, 0.3) is 0 Å². The van der Waals surface area contributed by atoms with Crippen molar-refractivity contribution in [3.63, 3.8) is 0 Å². The van der Waals surface area contributed by atoms with Gasteiger partial charge in [-0.2, -0.15) is 0 Å². The molecule has 0 radical (unpaired) electrons. The number of aryl methyl sites for hydroxylation is 2. The van der Waals surface area contributed by atoms with Crippen molar-refractivity contribution in [1.29, 1.82) is 0 Å². The maximum Gasteiger partial charge on any atom is -0.000740 e. The predicted octanol–water partition coefficient (Wildman–Crippen LogP) is 27.0. The quantitative estimate of drug-likeness (QED) is 0.122. The average Bonchev–Trinajstić information content (AvgIpc) is 1.48. The van der Waals surface area contributed by atoms with Crippen LogP contribution in [0.2, 0.25) is 0 Å². The Balaban J connectivity index is 0.000000175. The molecule has 0 saturated carbocycles. The molecule has 0 heteroatoms.